The van der Waals surface area contributed by atoms with Crippen LogP contribution in [0.1, 0.15) is 32.6 Å². The molecular weight excluding hydrogens is 152 g/mol. The largest absolute Gasteiger partial charge is 0.273 e. The molecule has 3 nitrogen and oxygen atoms in total. The lowest BCUT2D eigenvalue weighted by Gasteiger charge is -2.24. The molecule has 1 N–H and O–H groups in total. The Kier molecular flexibility index (Phi) is 3.26. The molecule has 1 amide bonds. The first-order chi connectivity index (χ1) is 5.74. The average Bonchev–Trinajstić information content (AvgIpc) is 2.06. The zero-order valence-corrected chi connectivity index (χ0v) is 7.55. The fourth-order valence-corrected chi connectivity index (χ4v) is 1.69. The molecule has 0 heterocycles. The van der Waals surface area contributed by atoms with Crippen molar-refractivity contribution in [2.75, 3.05) is 0 Å². The third-order valence-corrected chi connectivity index (χ3v) is 2.58. The van der Waals surface area contributed by atoms with E-state index in [9.17, 15) is 4.79 Å². The van der Waals surface area contributed by atoms with Crippen molar-refractivity contribution in [3.05, 3.63) is 0 Å². The van der Waals surface area contributed by atoms with Crippen molar-refractivity contribution in [1.82, 2.24) is 5.43 Å². The maximum atomic E-state index is 11.3. The predicted octanol–water partition coefficient (Wildman–Crippen LogP) is 1.54. The van der Waals surface area contributed by atoms with Crippen LogP contribution in [-0.2, 0) is 4.79 Å². The molecule has 0 unspecified atom stereocenters. The van der Waals surface area contributed by atoms with Gasteiger partial charge in [-0.05, 0) is 31.6 Å². The van der Waals surface area contributed by atoms with E-state index in [1.165, 1.54) is 0 Å². The summed E-state index contributed by atoms with van der Waals surface area (Å²) < 4.78 is 0. The number of hydrogen-bond donors (Lipinski definition) is 1. The van der Waals surface area contributed by atoms with Crippen LogP contribution in [0.3, 0.4) is 0 Å². The monoisotopic (exact) mass is 168 g/mol. The molecule has 1 fully saturated rings. The summed E-state index contributed by atoms with van der Waals surface area (Å²) in [5.41, 5.74) is 2.41. The highest BCUT2D eigenvalue weighted by Crippen LogP contribution is 2.28. The molecule has 0 atom stereocenters. The van der Waals surface area contributed by atoms with Crippen LogP contribution >= 0.6 is 0 Å². The van der Waals surface area contributed by atoms with E-state index in [2.05, 4.69) is 24.2 Å². The molecule has 1 aliphatic carbocycles. The van der Waals surface area contributed by atoms with E-state index >= 15 is 0 Å². The molecule has 3 heteroatoms. The van der Waals surface area contributed by atoms with Crippen molar-refractivity contribution in [3.8, 4) is 0 Å². The minimum absolute atomic E-state index is 0.0388. The lowest BCUT2D eigenvalue weighted by Crippen LogP contribution is -2.29. The SMILES string of the molecule is C=NNC(=O)C1CCC(C)CC1. The van der Waals surface area contributed by atoms with E-state index in [0.717, 1.165) is 31.6 Å². The smallest absolute Gasteiger partial charge is 0.243 e. The van der Waals surface area contributed by atoms with Gasteiger partial charge in [0.1, 0.15) is 0 Å². The fraction of sp³-hybridized carbons (Fsp3) is 0.778. The number of hydrogen-bond acceptors (Lipinski definition) is 2. The van der Waals surface area contributed by atoms with Crippen molar-refractivity contribution < 1.29 is 4.79 Å². The molecule has 0 aromatic carbocycles. The van der Waals surface area contributed by atoms with Crippen molar-refractivity contribution in [2.45, 2.75) is 32.6 Å². The van der Waals surface area contributed by atoms with E-state index in [1.54, 1.807) is 0 Å². The Morgan fingerprint density at radius 1 is 1.42 bits per heavy atom. The summed E-state index contributed by atoms with van der Waals surface area (Å²) in [6, 6.07) is 0. The van der Waals surface area contributed by atoms with Gasteiger partial charge in [-0.25, -0.2) is 5.43 Å². The maximum absolute atomic E-state index is 11.3. The van der Waals surface area contributed by atoms with Crippen molar-refractivity contribution in [3.63, 3.8) is 0 Å². The predicted molar refractivity (Wildman–Crippen MR) is 48.8 cm³/mol. The first kappa shape index (κ1) is 9.23. The third-order valence-electron chi connectivity index (χ3n) is 2.58. The van der Waals surface area contributed by atoms with E-state index in [1.807, 2.05) is 0 Å². The Morgan fingerprint density at radius 2 is 2.00 bits per heavy atom. The Bertz CT molecular complexity index is 171. The van der Waals surface area contributed by atoms with Crippen LogP contribution in [0.4, 0.5) is 0 Å². The molecule has 0 radical (unpaired) electrons. The molecule has 0 aromatic heterocycles. The number of nitrogens with one attached hydrogen (secondary N) is 1. The zero-order valence-electron chi connectivity index (χ0n) is 7.55. The standard InChI is InChI=1S/C9H16N2O/c1-7-3-5-8(6-4-7)9(12)11-10-2/h7-8H,2-6H2,1H3,(H,11,12). The van der Waals surface area contributed by atoms with Gasteiger partial charge in [0.05, 0.1) is 0 Å². The van der Waals surface area contributed by atoms with Crippen LogP contribution in [0.2, 0.25) is 0 Å². The van der Waals surface area contributed by atoms with Gasteiger partial charge in [-0.15, -0.1) is 0 Å². The Morgan fingerprint density at radius 3 is 2.50 bits per heavy atom. The van der Waals surface area contributed by atoms with Gasteiger partial charge < -0.3 is 0 Å². The van der Waals surface area contributed by atoms with Crippen LogP contribution in [-0.4, -0.2) is 12.6 Å². The second kappa shape index (κ2) is 4.24. The van der Waals surface area contributed by atoms with Gasteiger partial charge in [-0.2, -0.15) is 5.10 Å². The van der Waals surface area contributed by atoms with Gasteiger partial charge in [-0.1, -0.05) is 6.92 Å². The molecule has 1 rings (SSSR count). The Labute approximate surface area is 73.2 Å². The summed E-state index contributed by atoms with van der Waals surface area (Å²) in [5, 5.41) is 3.38. The Balaban J connectivity index is 2.33. The summed E-state index contributed by atoms with van der Waals surface area (Å²) in [6.07, 6.45) is 4.33. The molecule has 0 saturated heterocycles. The number of nitrogens with zero attached hydrogens (tertiary/aromatic N) is 1. The van der Waals surface area contributed by atoms with Gasteiger partial charge in [-0.3, -0.25) is 4.79 Å². The molecule has 0 spiro atoms. The fourth-order valence-electron chi connectivity index (χ4n) is 1.69. The molecule has 0 aromatic rings. The van der Waals surface area contributed by atoms with Crippen molar-refractivity contribution in [2.24, 2.45) is 16.9 Å². The highest BCUT2D eigenvalue weighted by atomic mass is 16.2. The van der Waals surface area contributed by atoms with Crippen LogP contribution in [0.25, 0.3) is 0 Å². The third kappa shape index (κ3) is 2.32. The van der Waals surface area contributed by atoms with Crippen LogP contribution < -0.4 is 5.43 Å². The van der Waals surface area contributed by atoms with Gasteiger partial charge in [0.25, 0.3) is 0 Å². The normalized spacial score (nSPS) is 29.4. The van der Waals surface area contributed by atoms with E-state index < -0.39 is 0 Å². The van der Waals surface area contributed by atoms with Crippen LogP contribution in [0.5, 0.6) is 0 Å². The molecule has 0 aliphatic heterocycles. The van der Waals surface area contributed by atoms with E-state index in [-0.39, 0.29) is 11.8 Å². The average molecular weight is 168 g/mol. The van der Waals surface area contributed by atoms with Gasteiger partial charge in [0.2, 0.25) is 5.91 Å². The number of hydrazone groups is 1. The summed E-state index contributed by atoms with van der Waals surface area (Å²) in [6.45, 7) is 5.46. The number of rotatable bonds is 2. The first-order valence-electron chi connectivity index (χ1n) is 4.49. The summed E-state index contributed by atoms with van der Waals surface area (Å²) >= 11 is 0. The van der Waals surface area contributed by atoms with Gasteiger partial charge in [0, 0.05) is 12.6 Å². The van der Waals surface area contributed by atoms with E-state index in [0.29, 0.717) is 0 Å². The van der Waals surface area contributed by atoms with Gasteiger partial charge >= 0.3 is 0 Å². The molecule has 1 saturated carbocycles. The highest BCUT2D eigenvalue weighted by Gasteiger charge is 2.23. The lowest BCUT2D eigenvalue weighted by molar-refractivity contribution is -0.126. The molecular formula is C9H16N2O. The lowest BCUT2D eigenvalue weighted by atomic mass is 9.83. The van der Waals surface area contributed by atoms with E-state index in [4.69, 9.17) is 0 Å². The van der Waals surface area contributed by atoms with Crippen LogP contribution in [0, 0.1) is 11.8 Å². The maximum Gasteiger partial charge on any atom is 0.243 e. The molecule has 1 aliphatic rings. The minimum Gasteiger partial charge on any atom is -0.273 e. The topological polar surface area (TPSA) is 41.5 Å². The Hall–Kier alpha value is -0.860. The zero-order chi connectivity index (χ0) is 8.97. The second-order valence-corrected chi connectivity index (χ2v) is 3.59. The number of carbonyl (C=O) groups is 1. The number of amides is 1. The van der Waals surface area contributed by atoms with Crippen molar-refractivity contribution in [1.29, 1.82) is 0 Å². The number of carbonyl (C=O) groups excluding carboxylic acids is 1. The molecule has 68 valence electrons. The summed E-state index contributed by atoms with van der Waals surface area (Å²) in [7, 11) is 0. The van der Waals surface area contributed by atoms with Gasteiger partial charge in [0.15, 0.2) is 0 Å². The quantitative estimate of drug-likeness (QED) is 0.493. The highest BCUT2D eigenvalue weighted by molar-refractivity contribution is 5.78. The first-order valence-corrected chi connectivity index (χ1v) is 4.49. The summed E-state index contributed by atoms with van der Waals surface area (Å²) in [5.74, 6) is 0.995. The molecule has 0 bridgehead atoms. The minimum atomic E-state index is 0.0388. The molecule has 12 heavy (non-hydrogen) atoms. The van der Waals surface area contributed by atoms with Crippen LogP contribution in [0.15, 0.2) is 5.10 Å². The van der Waals surface area contributed by atoms with Crippen molar-refractivity contribution >= 4 is 12.6 Å². The summed E-state index contributed by atoms with van der Waals surface area (Å²) in [4.78, 5) is 11.3. The second-order valence-electron chi connectivity index (χ2n) is 3.59.